The molecule has 4 rings (SSSR count). The molecule has 5 nitrogen and oxygen atoms in total. The third kappa shape index (κ3) is 3.17. The Morgan fingerprint density at radius 1 is 0.880 bits per heavy atom. The van der Waals surface area contributed by atoms with Crippen molar-refractivity contribution in [2.75, 3.05) is 0 Å². The van der Waals surface area contributed by atoms with Gasteiger partial charge in [-0.25, -0.2) is 4.98 Å². The van der Waals surface area contributed by atoms with E-state index in [-0.39, 0.29) is 0 Å². The SMILES string of the molecule is Cc1ccc(-n2c(C)nnc2SCc2cn3cc(C)ccc3n2)cc1. The lowest BCUT2D eigenvalue weighted by atomic mass is 10.2. The lowest BCUT2D eigenvalue weighted by Gasteiger charge is -2.08. The molecule has 0 amide bonds. The van der Waals surface area contributed by atoms with Crippen LogP contribution < -0.4 is 0 Å². The van der Waals surface area contributed by atoms with E-state index < -0.39 is 0 Å². The highest BCUT2D eigenvalue weighted by molar-refractivity contribution is 7.98. The van der Waals surface area contributed by atoms with Crippen LogP contribution in [0, 0.1) is 20.8 Å². The fraction of sp³-hybridized carbons (Fsp3) is 0.211. The summed E-state index contributed by atoms with van der Waals surface area (Å²) >= 11 is 1.65. The zero-order chi connectivity index (χ0) is 17.4. The molecule has 0 N–H and O–H groups in total. The van der Waals surface area contributed by atoms with Crippen molar-refractivity contribution in [1.82, 2.24) is 24.1 Å². The molecule has 126 valence electrons. The minimum absolute atomic E-state index is 0.755. The van der Waals surface area contributed by atoms with Crippen LogP contribution in [0.4, 0.5) is 0 Å². The molecule has 0 saturated carbocycles. The van der Waals surface area contributed by atoms with Gasteiger partial charge in [0.15, 0.2) is 5.16 Å². The summed E-state index contributed by atoms with van der Waals surface area (Å²) < 4.78 is 4.16. The summed E-state index contributed by atoms with van der Waals surface area (Å²) in [6.45, 7) is 6.15. The van der Waals surface area contributed by atoms with E-state index in [1.165, 1.54) is 11.1 Å². The molecule has 1 aromatic carbocycles. The Morgan fingerprint density at radius 3 is 2.44 bits per heavy atom. The number of imidazole rings is 1. The molecular formula is C19H19N5S. The molecule has 25 heavy (non-hydrogen) atoms. The third-order valence-corrected chi connectivity index (χ3v) is 5.05. The maximum absolute atomic E-state index is 4.67. The minimum atomic E-state index is 0.755. The van der Waals surface area contributed by atoms with E-state index in [4.69, 9.17) is 0 Å². The van der Waals surface area contributed by atoms with Gasteiger partial charge in [-0.2, -0.15) is 0 Å². The topological polar surface area (TPSA) is 48.0 Å². The monoisotopic (exact) mass is 349 g/mol. The molecule has 4 aromatic rings. The summed E-state index contributed by atoms with van der Waals surface area (Å²) in [6.07, 6.45) is 4.17. The van der Waals surface area contributed by atoms with Gasteiger partial charge in [-0.15, -0.1) is 10.2 Å². The van der Waals surface area contributed by atoms with Crippen LogP contribution in [0.5, 0.6) is 0 Å². The molecule has 6 heteroatoms. The van der Waals surface area contributed by atoms with Gasteiger partial charge >= 0.3 is 0 Å². The second-order valence-corrected chi connectivity index (χ2v) is 7.14. The van der Waals surface area contributed by atoms with E-state index >= 15 is 0 Å². The average molecular weight is 349 g/mol. The van der Waals surface area contributed by atoms with Crippen LogP contribution in [-0.2, 0) is 5.75 Å². The van der Waals surface area contributed by atoms with Crippen LogP contribution in [0.1, 0.15) is 22.6 Å². The lowest BCUT2D eigenvalue weighted by Crippen LogP contribution is -1.99. The molecule has 0 aliphatic rings. The molecule has 0 atom stereocenters. The van der Waals surface area contributed by atoms with Crippen molar-refractivity contribution >= 4 is 17.4 Å². The minimum Gasteiger partial charge on any atom is -0.307 e. The summed E-state index contributed by atoms with van der Waals surface area (Å²) in [4.78, 5) is 4.67. The predicted octanol–water partition coefficient (Wildman–Crippen LogP) is 4.13. The van der Waals surface area contributed by atoms with Crippen LogP contribution in [0.3, 0.4) is 0 Å². The van der Waals surface area contributed by atoms with Gasteiger partial charge in [0.05, 0.1) is 5.69 Å². The fourth-order valence-electron chi connectivity index (χ4n) is 2.79. The molecule has 0 saturated heterocycles. The highest BCUT2D eigenvalue weighted by atomic mass is 32.2. The van der Waals surface area contributed by atoms with Crippen molar-refractivity contribution in [1.29, 1.82) is 0 Å². The van der Waals surface area contributed by atoms with Crippen molar-refractivity contribution in [3.63, 3.8) is 0 Å². The Morgan fingerprint density at radius 2 is 1.64 bits per heavy atom. The van der Waals surface area contributed by atoms with Crippen molar-refractivity contribution in [3.8, 4) is 5.69 Å². The Kier molecular flexibility index (Phi) is 4.05. The zero-order valence-corrected chi connectivity index (χ0v) is 15.3. The van der Waals surface area contributed by atoms with E-state index in [9.17, 15) is 0 Å². The number of hydrogen-bond acceptors (Lipinski definition) is 4. The van der Waals surface area contributed by atoms with Crippen LogP contribution in [0.15, 0.2) is 53.9 Å². The fourth-order valence-corrected chi connectivity index (χ4v) is 3.67. The van der Waals surface area contributed by atoms with E-state index in [2.05, 4.69) is 80.7 Å². The second kappa shape index (κ2) is 6.37. The summed E-state index contributed by atoms with van der Waals surface area (Å²) in [6, 6.07) is 12.5. The van der Waals surface area contributed by atoms with Crippen LogP contribution in [-0.4, -0.2) is 24.1 Å². The summed E-state index contributed by atoms with van der Waals surface area (Å²) in [5.41, 5.74) is 5.55. The van der Waals surface area contributed by atoms with E-state index in [0.29, 0.717) is 0 Å². The number of pyridine rings is 1. The maximum Gasteiger partial charge on any atom is 0.196 e. The highest BCUT2D eigenvalue weighted by Gasteiger charge is 2.12. The van der Waals surface area contributed by atoms with Gasteiger partial charge in [0, 0.05) is 23.8 Å². The molecule has 0 bridgehead atoms. The molecule has 0 spiro atoms. The Labute approximate surface area is 150 Å². The molecule has 0 aliphatic heterocycles. The van der Waals surface area contributed by atoms with Crippen molar-refractivity contribution in [2.24, 2.45) is 0 Å². The predicted molar refractivity (Wildman–Crippen MR) is 100 cm³/mol. The first-order valence-corrected chi connectivity index (χ1v) is 9.15. The number of nitrogens with zero attached hydrogens (tertiary/aromatic N) is 5. The third-order valence-electron chi connectivity index (χ3n) is 4.09. The molecule has 0 unspecified atom stereocenters. The van der Waals surface area contributed by atoms with Crippen LogP contribution in [0.25, 0.3) is 11.3 Å². The van der Waals surface area contributed by atoms with E-state index in [0.717, 1.165) is 33.8 Å². The largest absolute Gasteiger partial charge is 0.307 e. The first-order chi connectivity index (χ1) is 12.1. The first kappa shape index (κ1) is 15.9. The van der Waals surface area contributed by atoms with Crippen molar-refractivity contribution in [3.05, 3.63) is 71.4 Å². The van der Waals surface area contributed by atoms with Gasteiger partial charge in [-0.05, 0) is 44.5 Å². The Hall–Kier alpha value is -2.60. The van der Waals surface area contributed by atoms with Gasteiger partial charge in [0.25, 0.3) is 0 Å². The van der Waals surface area contributed by atoms with E-state index in [1.807, 2.05) is 13.0 Å². The maximum atomic E-state index is 4.67. The molecule has 3 heterocycles. The molecule has 3 aromatic heterocycles. The lowest BCUT2D eigenvalue weighted by molar-refractivity contribution is 0.867. The van der Waals surface area contributed by atoms with Gasteiger partial charge in [0.1, 0.15) is 11.5 Å². The second-order valence-electron chi connectivity index (χ2n) is 6.19. The van der Waals surface area contributed by atoms with Gasteiger partial charge < -0.3 is 4.40 Å². The zero-order valence-electron chi connectivity index (χ0n) is 14.5. The number of fused-ring (bicyclic) bond motifs is 1. The smallest absolute Gasteiger partial charge is 0.196 e. The first-order valence-electron chi connectivity index (χ1n) is 8.16. The number of aryl methyl sites for hydroxylation is 3. The van der Waals surface area contributed by atoms with Crippen LogP contribution >= 0.6 is 11.8 Å². The number of benzene rings is 1. The van der Waals surface area contributed by atoms with Crippen molar-refractivity contribution < 1.29 is 0 Å². The summed E-state index contributed by atoms with van der Waals surface area (Å²) in [5, 5.41) is 9.47. The Bertz CT molecular complexity index is 1030. The number of rotatable bonds is 4. The van der Waals surface area contributed by atoms with Gasteiger partial charge in [0.2, 0.25) is 0 Å². The highest BCUT2D eigenvalue weighted by Crippen LogP contribution is 2.25. The number of thioether (sulfide) groups is 1. The standard InChI is InChI=1S/C19H19N5S/c1-13-4-7-17(8-5-13)24-15(3)21-22-19(24)25-12-16-11-23-10-14(2)6-9-18(23)20-16/h4-11H,12H2,1-3H3. The Balaban J connectivity index is 1.59. The quantitative estimate of drug-likeness (QED) is 0.520. The molecule has 0 aliphatic carbocycles. The number of hydrogen-bond donors (Lipinski definition) is 0. The average Bonchev–Trinajstić information content (AvgIpc) is 3.16. The van der Waals surface area contributed by atoms with Crippen LogP contribution in [0.2, 0.25) is 0 Å². The van der Waals surface area contributed by atoms with E-state index in [1.54, 1.807) is 11.8 Å². The van der Waals surface area contributed by atoms with Gasteiger partial charge in [-0.3, -0.25) is 4.57 Å². The normalized spacial score (nSPS) is 11.3. The summed E-state index contributed by atoms with van der Waals surface area (Å²) in [7, 11) is 0. The molecule has 0 fully saturated rings. The van der Waals surface area contributed by atoms with Gasteiger partial charge in [-0.1, -0.05) is 35.5 Å². The van der Waals surface area contributed by atoms with Crippen molar-refractivity contribution in [2.45, 2.75) is 31.7 Å². The number of aromatic nitrogens is 5. The molecule has 0 radical (unpaired) electrons. The summed E-state index contributed by atoms with van der Waals surface area (Å²) in [5.74, 6) is 1.64. The molecular weight excluding hydrogens is 330 g/mol.